The number of rotatable bonds is 6. The van der Waals surface area contributed by atoms with Crippen LogP contribution in [0.5, 0.6) is 11.5 Å². The van der Waals surface area contributed by atoms with Gasteiger partial charge in [-0.05, 0) is 25.5 Å². The van der Waals surface area contributed by atoms with Gasteiger partial charge in [0.2, 0.25) is 5.75 Å². The first-order valence-electron chi connectivity index (χ1n) is 6.82. The molecule has 21 heavy (non-hydrogen) atoms. The van der Waals surface area contributed by atoms with Gasteiger partial charge in [-0.2, -0.15) is 0 Å². The molecule has 0 amide bonds. The van der Waals surface area contributed by atoms with Crippen molar-refractivity contribution in [3.8, 4) is 11.5 Å². The molecule has 1 atom stereocenters. The monoisotopic (exact) mass is 288 g/mol. The van der Waals surface area contributed by atoms with Crippen LogP contribution in [0.1, 0.15) is 20.3 Å². The Morgan fingerprint density at radius 2 is 2.14 bits per heavy atom. The predicted molar refractivity (Wildman–Crippen MR) is 83.1 cm³/mol. The number of ether oxygens (including phenoxy) is 2. The quantitative estimate of drug-likeness (QED) is 0.850. The first-order chi connectivity index (χ1) is 10.1. The number of aromatic nitrogens is 2. The van der Waals surface area contributed by atoms with Crippen molar-refractivity contribution in [1.82, 2.24) is 9.97 Å². The van der Waals surface area contributed by atoms with Crippen LogP contribution in [0.2, 0.25) is 0 Å². The second-order valence-corrected chi connectivity index (χ2v) is 4.63. The summed E-state index contributed by atoms with van der Waals surface area (Å²) in [6.45, 7) is 4.12. The number of nitrogens with zero attached hydrogens (tertiary/aromatic N) is 2. The first kappa shape index (κ1) is 14.9. The lowest BCUT2D eigenvalue weighted by Gasteiger charge is -2.14. The van der Waals surface area contributed by atoms with Crippen molar-refractivity contribution in [2.24, 2.45) is 0 Å². The number of anilines is 3. The van der Waals surface area contributed by atoms with E-state index >= 15 is 0 Å². The summed E-state index contributed by atoms with van der Waals surface area (Å²) in [7, 11) is 1.53. The Morgan fingerprint density at radius 1 is 1.33 bits per heavy atom. The molecule has 0 saturated heterocycles. The largest absolute Gasteiger partial charge is 0.491 e. The van der Waals surface area contributed by atoms with E-state index in [0.29, 0.717) is 17.4 Å². The van der Waals surface area contributed by atoms with E-state index in [0.717, 1.165) is 17.9 Å². The molecule has 3 N–H and O–H groups in total. The van der Waals surface area contributed by atoms with Gasteiger partial charge in [0.25, 0.3) is 0 Å². The molecule has 1 aromatic carbocycles. The van der Waals surface area contributed by atoms with Gasteiger partial charge in [-0.25, -0.2) is 9.97 Å². The summed E-state index contributed by atoms with van der Waals surface area (Å²) >= 11 is 0. The second-order valence-electron chi connectivity index (χ2n) is 4.63. The van der Waals surface area contributed by atoms with Crippen molar-refractivity contribution in [2.75, 3.05) is 18.2 Å². The van der Waals surface area contributed by atoms with Gasteiger partial charge in [0.1, 0.15) is 12.1 Å². The van der Waals surface area contributed by atoms with Gasteiger partial charge in [-0.3, -0.25) is 0 Å². The summed E-state index contributed by atoms with van der Waals surface area (Å²) in [5.41, 5.74) is 6.60. The molecule has 0 saturated carbocycles. The van der Waals surface area contributed by atoms with Gasteiger partial charge in [0.05, 0.1) is 13.2 Å². The van der Waals surface area contributed by atoms with Crippen LogP contribution in [0.3, 0.4) is 0 Å². The van der Waals surface area contributed by atoms with Crippen LogP contribution in [-0.4, -0.2) is 23.2 Å². The van der Waals surface area contributed by atoms with Crippen LogP contribution in [0, 0.1) is 0 Å². The minimum Gasteiger partial charge on any atom is -0.491 e. The molecule has 6 nitrogen and oxygen atoms in total. The molecule has 0 fully saturated rings. The number of hydrogen-bond donors (Lipinski definition) is 2. The van der Waals surface area contributed by atoms with E-state index in [-0.39, 0.29) is 6.10 Å². The highest BCUT2D eigenvalue weighted by molar-refractivity contribution is 5.68. The highest BCUT2D eigenvalue weighted by atomic mass is 16.5. The number of nitrogens with two attached hydrogens (primary N) is 1. The third kappa shape index (κ3) is 3.75. The van der Waals surface area contributed by atoms with Gasteiger partial charge in [0.15, 0.2) is 11.6 Å². The number of nitrogens with one attached hydrogen (secondary N) is 1. The lowest BCUT2D eigenvalue weighted by molar-refractivity contribution is 0.217. The van der Waals surface area contributed by atoms with E-state index in [2.05, 4.69) is 22.2 Å². The van der Waals surface area contributed by atoms with Gasteiger partial charge < -0.3 is 20.5 Å². The summed E-state index contributed by atoms with van der Waals surface area (Å²) in [5, 5.41) is 3.16. The van der Waals surface area contributed by atoms with E-state index in [1.54, 1.807) is 0 Å². The first-order valence-corrected chi connectivity index (χ1v) is 6.82. The summed E-state index contributed by atoms with van der Waals surface area (Å²) in [5.74, 6) is 2.04. The van der Waals surface area contributed by atoms with E-state index in [4.69, 9.17) is 15.2 Å². The molecule has 112 valence electrons. The molecule has 0 aliphatic carbocycles. The normalized spacial score (nSPS) is 11.8. The molecular weight excluding hydrogens is 268 g/mol. The average molecular weight is 288 g/mol. The Bertz CT molecular complexity index is 604. The maximum atomic E-state index is 5.79. The molecule has 0 radical (unpaired) electrons. The Morgan fingerprint density at radius 3 is 2.86 bits per heavy atom. The van der Waals surface area contributed by atoms with Crippen LogP contribution in [0.4, 0.5) is 17.3 Å². The van der Waals surface area contributed by atoms with Crippen molar-refractivity contribution in [1.29, 1.82) is 0 Å². The molecule has 1 heterocycles. The molecule has 1 unspecified atom stereocenters. The maximum Gasteiger partial charge on any atom is 0.204 e. The van der Waals surface area contributed by atoms with E-state index in [1.807, 2.05) is 31.2 Å². The van der Waals surface area contributed by atoms with Gasteiger partial charge in [0, 0.05) is 11.8 Å². The fourth-order valence-corrected chi connectivity index (χ4v) is 1.78. The van der Waals surface area contributed by atoms with Gasteiger partial charge in [-0.15, -0.1) is 0 Å². The fraction of sp³-hybridized carbons (Fsp3) is 0.333. The number of hydrogen-bond acceptors (Lipinski definition) is 6. The van der Waals surface area contributed by atoms with Crippen LogP contribution in [-0.2, 0) is 0 Å². The average Bonchev–Trinajstić information content (AvgIpc) is 2.48. The third-order valence-corrected chi connectivity index (χ3v) is 3.04. The fourth-order valence-electron chi connectivity index (χ4n) is 1.78. The van der Waals surface area contributed by atoms with E-state index in [9.17, 15) is 0 Å². The predicted octanol–water partition coefficient (Wildman–Crippen LogP) is 2.99. The van der Waals surface area contributed by atoms with Crippen molar-refractivity contribution in [2.45, 2.75) is 26.4 Å². The molecule has 0 aliphatic heterocycles. The Labute approximate surface area is 124 Å². The molecule has 0 bridgehead atoms. The SMILES string of the molecule is CCC(C)Oc1cccc(Nc2ncnc(N)c2OC)c1. The van der Waals surface area contributed by atoms with Crippen molar-refractivity contribution in [3.05, 3.63) is 30.6 Å². The van der Waals surface area contributed by atoms with Crippen LogP contribution in [0.25, 0.3) is 0 Å². The second kappa shape index (κ2) is 6.78. The van der Waals surface area contributed by atoms with Crippen LogP contribution in [0.15, 0.2) is 30.6 Å². The zero-order valence-electron chi connectivity index (χ0n) is 12.5. The highest BCUT2D eigenvalue weighted by Crippen LogP contribution is 2.30. The molecule has 6 heteroatoms. The Balaban J connectivity index is 2.20. The van der Waals surface area contributed by atoms with Gasteiger partial charge in [-0.1, -0.05) is 13.0 Å². The van der Waals surface area contributed by atoms with Gasteiger partial charge >= 0.3 is 0 Å². The summed E-state index contributed by atoms with van der Waals surface area (Å²) in [6, 6.07) is 7.66. The number of benzene rings is 1. The van der Waals surface area contributed by atoms with Crippen LogP contribution >= 0.6 is 0 Å². The maximum absolute atomic E-state index is 5.79. The number of methoxy groups -OCH3 is 1. The Kier molecular flexibility index (Phi) is 4.81. The smallest absolute Gasteiger partial charge is 0.204 e. The summed E-state index contributed by atoms with van der Waals surface area (Å²) in [6.07, 6.45) is 2.51. The van der Waals surface area contributed by atoms with E-state index < -0.39 is 0 Å². The minimum absolute atomic E-state index is 0.171. The third-order valence-electron chi connectivity index (χ3n) is 3.04. The molecular formula is C15H20N4O2. The number of nitrogen functional groups attached to an aromatic ring is 1. The van der Waals surface area contributed by atoms with Crippen molar-refractivity contribution >= 4 is 17.3 Å². The molecule has 0 spiro atoms. The minimum atomic E-state index is 0.171. The zero-order chi connectivity index (χ0) is 15.2. The molecule has 2 aromatic rings. The van der Waals surface area contributed by atoms with Crippen molar-refractivity contribution < 1.29 is 9.47 Å². The molecule has 2 rings (SSSR count). The van der Waals surface area contributed by atoms with E-state index in [1.165, 1.54) is 13.4 Å². The zero-order valence-corrected chi connectivity index (χ0v) is 12.5. The molecule has 0 aliphatic rings. The summed E-state index contributed by atoms with van der Waals surface area (Å²) in [4.78, 5) is 8.04. The summed E-state index contributed by atoms with van der Waals surface area (Å²) < 4.78 is 11.0. The van der Waals surface area contributed by atoms with Crippen LogP contribution < -0.4 is 20.5 Å². The lowest BCUT2D eigenvalue weighted by Crippen LogP contribution is -2.09. The topological polar surface area (TPSA) is 82.3 Å². The molecule has 1 aromatic heterocycles. The lowest BCUT2D eigenvalue weighted by atomic mass is 10.2. The highest BCUT2D eigenvalue weighted by Gasteiger charge is 2.10. The standard InChI is InChI=1S/C15H20N4O2/c1-4-10(2)21-12-7-5-6-11(8-12)19-15-13(20-3)14(16)17-9-18-15/h5-10H,4H2,1-3H3,(H3,16,17,18,19). The van der Waals surface area contributed by atoms with Crippen molar-refractivity contribution in [3.63, 3.8) is 0 Å². The Hall–Kier alpha value is -2.50.